The van der Waals surface area contributed by atoms with E-state index in [9.17, 15) is 15.0 Å². The molecule has 1 aliphatic heterocycles. The second kappa shape index (κ2) is 8.85. The summed E-state index contributed by atoms with van der Waals surface area (Å²) in [6.45, 7) is 6.35. The fourth-order valence-corrected chi connectivity index (χ4v) is 5.66. The van der Waals surface area contributed by atoms with Crippen molar-refractivity contribution in [2.45, 2.75) is 36.8 Å². The van der Waals surface area contributed by atoms with Crippen LogP contribution in [0.4, 0.5) is 0 Å². The number of amides is 1. The van der Waals surface area contributed by atoms with Gasteiger partial charge in [-0.2, -0.15) is 0 Å². The third kappa shape index (κ3) is 4.12. The van der Waals surface area contributed by atoms with Crippen molar-refractivity contribution in [3.05, 3.63) is 78.4 Å². The number of fused-ring (bicyclic) bond motifs is 1. The van der Waals surface area contributed by atoms with Gasteiger partial charge < -0.3 is 15.1 Å². The molecule has 2 N–H and O–H groups in total. The van der Waals surface area contributed by atoms with Crippen LogP contribution in [0.5, 0.6) is 5.75 Å². The Hall–Kier alpha value is -2.63. The minimum absolute atomic E-state index is 0.0218. The molecule has 5 nitrogen and oxygen atoms in total. The lowest BCUT2D eigenvalue weighted by Gasteiger charge is -2.56. The van der Waals surface area contributed by atoms with Crippen molar-refractivity contribution in [2.75, 3.05) is 26.7 Å². The molecule has 1 amide bonds. The number of rotatable bonds is 5. The number of phenolic OH excluding ortho intramolecular Hbond substituents is 1. The Morgan fingerprint density at radius 2 is 2.03 bits per heavy atom. The molecule has 4 atom stereocenters. The summed E-state index contributed by atoms with van der Waals surface area (Å²) in [4.78, 5) is 17.3. The third-order valence-corrected chi connectivity index (χ3v) is 7.31. The van der Waals surface area contributed by atoms with E-state index in [0.29, 0.717) is 12.0 Å². The number of hydrogen-bond acceptors (Lipinski definition) is 4. The number of nitrogens with zero attached hydrogens (tertiary/aromatic N) is 2. The lowest BCUT2D eigenvalue weighted by Crippen LogP contribution is -2.61. The zero-order valence-corrected chi connectivity index (χ0v) is 18.2. The molecule has 2 aromatic rings. The van der Waals surface area contributed by atoms with Crippen molar-refractivity contribution in [1.82, 2.24) is 9.80 Å². The first-order valence-electron chi connectivity index (χ1n) is 11.1. The standard InChI is InChI=1S/C26H32N2O3/c1-3-13-28-14-12-26(20-10-7-11-22(29)15-20)17-21(16-24(30)23(26)18-28)27(2)25(31)19-8-5-4-6-9-19/h3-11,15,21,23-24,29-30H,1,12-14,16-18H2,2H3/t21-,23-,24?,26-/m0/s1. The van der Waals surface area contributed by atoms with Crippen molar-refractivity contribution in [2.24, 2.45) is 5.92 Å². The third-order valence-electron chi connectivity index (χ3n) is 7.31. The van der Waals surface area contributed by atoms with E-state index in [2.05, 4.69) is 17.5 Å². The van der Waals surface area contributed by atoms with Crippen LogP contribution < -0.4 is 0 Å². The van der Waals surface area contributed by atoms with E-state index in [1.807, 2.05) is 55.6 Å². The van der Waals surface area contributed by atoms with Gasteiger partial charge in [-0.3, -0.25) is 9.69 Å². The molecule has 4 rings (SSSR count). The van der Waals surface area contributed by atoms with E-state index in [1.165, 1.54) is 0 Å². The molecule has 2 fully saturated rings. The van der Waals surface area contributed by atoms with Gasteiger partial charge in [0.1, 0.15) is 5.75 Å². The summed E-state index contributed by atoms with van der Waals surface area (Å²) < 4.78 is 0. The van der Waals surface area contributed by atoms with Crippen LogP contribution in [0.15, 0.2) is 67.3 Å². The summed E-state index contributed by atoms with van der Waals surface area (Å²) in [5.74, 6) is 0.260. The Morgan fingerprint density at radius 3 is 2.74 bits per heavy atom. The van der Waals surface area contributed by atoms with Gasteiger partial charge in [0.25, 0.3) is 5.91 Å². The topological polar surface area (TPSA) is 64.0 Å². The van der Waals surface area contributed by atoms with Crippen molar-refractivity contribution >= 4 is 5.91 Å². The molecular weight excluding hydrogens is 388 g/mol. The maximum absolute atomic E-state index is 13.1. The average molecular weight is 421 g/mol. The van der Waals surface area contributed by atoms with Crippen LogP contribution in [0, 0.1) is 5.92 Å². The van der Waals surface area contributed by atoms with Gasteiger partial charge in [0.15, 0.2) is 0 Å². The molecule has 1 unspecified atom stereocenters. The van der Waals surface area contributed by atoms with E-state index in [-0.39, 0.29) is 29.0 Å². The van der Waals surface area contributed by atoms with E-state index >= 15 is 0 Å². The second-order valence-electron chi connectivity index (χ2n) is 9.05. The molecule has 2 aliphatic rings. The summed E-state index contributed by atoms with van der Waals surface area (Å²) in [7, 11) is 1.84. The highest BCUT2D eigenvalue weighted by Gasteiger charge is 2.52. The molecule has 1 heterocycles. The smallest absolute Gasteiger partial charge is 0.253 e. The SMILES string of the molecule is C=CCN1CC[C@@]2(c3cccc(O)c3)C[C@@H](N(C)C(=O)c3ccccc3)CC(O)[C@@H]2C1. The van der Waals surface area contributed by atoms with Crippen molar-refractivity contribution in [3.8, 4) is 5.75 Å². The Labute approximate surface area is 184 Å². The van der Waals surface area contributed by atoms with Gasteiger partial charge in [-0.1, -0.05) is 36.4 Å². The highest BCUT2D eigenvalue weighted by atomic mass is 16.3. The van der Waals surface area contributed by atoms with E-state index in [1.54, 1.807) is 11.0 Å². The van der Waals surface area contributed by atoms with Gasteiger partial charge in [0.2, 0.25) is 0 Å². The Balaban J connectivity index is 1.67. The molecule has 0 aromatic heterocycles. The average Bonchev–Trinajstić information content (AvgIpc) is 2.79. The largest absolute Gasteiger partial charge is 0.508 e. The molecular formula is C26H32N2O3. The van der Waals surface area contributed by atoms with Gasteiger partial charge in [0.05, 0.1) is 6.10 Å². The maximum atomic E-state index is 13.1. The number of carbonyl (C=O) groups is 1. The number of aliphatic hydroxyl groups is 1. The number of piperidine rings is 1. The summed E-state index contributed by atoms with van der Waals surface area (Å²) in [6.07, 6.45) is 3.58. The summed E-state index contributed by atoms with van der Waals surface area (Å²) in [5.41, 5.74) is 1.43. The van der Waals surface area contributed by atoms with E-state index in [0.717, 1.165) is 38.0 Å². The second-order valence-corrected chi connectivity index (χ2v) is 9.05. The van der Waals surface area contributed by atoms with Crippen LogP contribution in [0.3, 0.4) is 0 Å². The Morgan fingerprint density at radius 1 is 1.26 bits per heavy atom. The minimum atomic E-state index is -0.528. The predicted octanol–water partition coefficient (Wildman–Crippen LogP) is 3.43. The predicted molar refractivity (Wildman–Crippen MR) is 122 cm³/mol. The minimum Gasteiger partial charge on any atom is -0.508 e. The molecule has 1 aliphatic carbocycles. The highest BCUT2D eigenvalue weighted by Crippen LogP contribution is 2.50. The van der Waals surface area contributed by atoms with Crippen LogP contribution in [0.25, 0.3) is 0 Å². The number of hydrogen-bond donors (Lipinski definition) is 2. The van der Waals surface area contributed by atoms with Gasteiger partial charge in [-0.15, -0.1) is 6.58 Å². The zero-order valence-electron chi connectivity index (χ0n) is 18.2. The summed E-state index contributed by atoms with van der Waals surface area (Å²) in [5, 5.41) is 21.5. The van der Waals surface area contributed by atoms with Crippen molar-refractivity contribution in [1.29, 1.82) is 0 Å². The fourth-order valence-electron chi connectivity index (χ4n) is 5.66. The normalized spacial score (nSPS) is 28.5. The molecule has 2 aromatic carbocycles. The van der Waals surface area contributed by atoms with E-state index < -0.39 is 6.10 Å². The van der Waals surface area contributed by atoms with Crippen molar-refractivity contribution in [3.63, 3.8) is 0 Å². The molecule has 0 radical (unpaired) electrons. The quantitative estimate of drug-likeness (QED) is 0.728. The molecule has 0 spiro atoms. The monoisotopic (exact) mass is 420 g/mol. The van der Waals surface area contributed by atoms with Gasteiger partial charge in [-0.05, 0) is 55.6 Å². The molecule has 0 bridgehead atoms. The van der Waals surface area contributed by atoms with Gasteiger partial charge in [-0.25, -0.2) is 0 Å². The lowest BCUT2D eigenvalue weighted by molar-refractivity contribution is -0.0591. The van der Waals surface area contributed by atoms with E-state index in [4.69, 9.17) is 0 Å². The van der Waals surface area contributed by atoms with Gasteiger partial charge >= 0.3 is 0 Å². The number of carbonyl (C=O) groups excluding carboxylic acids is 1. The summed E-state index contributed by atoms with van der Waals surface area (Å²) in [6, 6.07) is 16.7. The van der Waals surface area contributed by atoms with Crippen LogP contribution in [-0.2, 0) is 5.41 Å². The van der Waals surface area contributed by atoms with Crippen LogP contribution >= 0.6 is 0 Å². The molecule has 164 valence electrons. The molecule has 1 saturated carbocycles. The van der Waals surface area contributed by atoms with Crippen LogP contribution in [-0.4, -0.2) is 64.7 Å². The van der Waals surface area contributed by atoms with Crippen LogP contribution in [0.1, 0.15) is 35.2 Å². The first kappa shape index (κ1) is 21.6. The van der Waals surface area contributed by atoms with Gasteiger partial charge in [0, 0.05) is 43.1 Å². The number of aliphatic hydroxyl groups excluding tert-OH is 1. The fraction of sp³-hybridized carbons (Fsp3) is 0.423. The first-order valence-corrected chi connectivity index (χ1v) is 11.1. The molecule has 5 heteroatoms. The number of benzene rings is 2. The number of phenols is 1. The lowest BCUT2D eigenvalue weighted by atomic mass is 9.56. The van der Waals surface area contributed by atoms with Crippen molar-refractivity contribution < 1.29 is 15.0 Å². The zero-order chi connectivity index (χ0) is 22.0. The molecule has 1 saturated heterocycles. The Bertz CT molecular complexity index is 931. The number of likely N-dealkylation sites (tertiary alicyclic amines) is 1. The van der Waals surface area contributed by atoms with Crippen LogP contribution in [0.2, 0.25) is 0 Å². The molecule has 31 heavy (non-hydrogen) atoms. The first-order chi connectivity index (χ1) is 14.9. The highest BCUT2D eigenvalue weighted by molar-refractivity contribution is 5.94. The number of aromatic hydroxyl groups is 1. The Kier molecular flexibility index (Phi) is 6.17. The summed E-state index contributed by atoms with van der Waals surface area (Å²) >= 11 is 0. The maximum Gasteiger partial charge on any atom is 0.253 e.